The Hall–Kier alpha value is 0.170. The highest BCUT2D eigenvalue weighted by Crippen LogP contribution is 2.33. The first-order valence-corrected chi connectivity index (χ1v) is 8.63. The topological polar surface area (TPSA) is 17.1 Å². The van der Waals surface area contributed by atoms with Crippen LogP contribution in [0.1, 0.15) is 12.5 Å². The lowest BCUT2D eigenvalue weighted by Gasteiger charge is -2.26. The zero-order valence-electron chi connectivity index (χ0n) is 9.99. The molecule has 1 aromatic carbocycles. The maximum Gasteiger partial charge on any atom is 0.151 e. The summed E-state index contributed by atoms with van der Waals surface area (Å²) in [5.74, 6) is 2.44. The Morgan fingerprint density at radius 3 is 2.78 bits per heavy atom. The summed E-state index contributed by atoms with van der Waals surface area (Å²) in [4.78, 5) is 12.3. The fraction of sp³-hybridized carbons (Fsp3) is 0.462. The number of benzene rings is 1. The number of hydrogen-bond acceptors (Lipinski definition) is 3. The predicted molar refractivity (Wildman–Crippen MR) is 83.3 cm³/mol. The zero-order chi connectivity index (χ0) is 13.1. The minimum absolute atomic E-state index is 0.0822. The van der Waals surface area contributed by atoms with Gasteiger partial charge in [-0.2, -0.15) is 11.8 Å². The highest BCUT2D eigenvalue weighted by molar-refractivity contribution is 8.07. The Morgan fingerprint density at radius 1 is 1.33 bits per heavy atom. The molecule has 0 bridgehead atoms. The van der Waals surface area contributed by atoms with E-state index >= 15 is 0 Å². The number of carbonyl (C=O) groups excluding carboxylic acids is 1. The zero-order valence-corrected chi connectivity index (χ0v) is 13.1. The quantitative estimate of drug-likeness (QED) is 0.824. The molecule has 1 heterocycles. The Morgan fingerprint density at radius 2 is 2.06 bits per heavy atom. The lowest BCUT2D eigenvalue weighted by molar-refractivity contribution is -0.117. The lowest BCUT2D eigenvalue weighted by Crippen LogP contribution is -2.32. The van der Waals surface area contributed by atoms with Crippen LogP contribution in [0.3, 0.4) is 0 Å². The van der Waals surface area contributed by atoms with Gasteiger partial charge in [0, 0.05) is 33.2 Å². The van der Waals surface area contributed by atoms with E-state index in [4.69, 9.17) is 23.2 Å². The van der Waals surface area contributed by atoms with Gasteiger partial charge < -0.3 is 0 Å². The van der Waals surface area contributed by atoms with Crippen molar-refractivity contribution in [1.29, 1.82) is 0 Å². The maximum atomic E-state index is 12.3. The van der Waals surface area contributed by atoms with Gasteiger partial charge in [0.25, 0.3) is 0 Å². The van der Waals surface area contributed by atoms with Crippen molar-refractivity contribution >= 4 is 52.5 Å². The van der Waals surface area contributed by atoms with Crippen LogP contribution in [0.25, 0.3) is 0 Å². The Labute approximate surface area is 126 Å². The van der Waals surface area contributed by atoms with Gasteiger partial charge in [-0.3, -0.25) is 4.79 Å². The third-order valence-corrected chi connectivity index (χ3v) is 6.62. The molecule has 0 saturated carbocycles. The van der Waals surface area contributed by atoms with Crippen LogP contribution in [-0.2, 0) is 11.2 Å². The van der Waals surface area contributed by atoms with Crippen molar-refractivity contribution in [3.8, 4) is 0 Å². The number of Topliss-reactive ketones (excluding diaryl/α,β-unsaturated/α-hetero) is 1. The lowest BCUT2D eigenvalue weighted by atomic mass is 10.1. The minimum atomic E-state index is 0.0822. The van der Waals surface area contributed by atoms with E-state index in [1.807, 2.05) is 11.8 Å². The summed E-state index contributed by atoms with van der Waals surface area (Å²) < 4.78 is 0. The molecule has 0 radical (unpaired) electrons. The molecule has 0 aliphatic carbocycles. The molecule has 0 amide bonds. The summed E-state index contributed by atoms with van der Waals surface area (Å²) in [5, 5.41) is 1.71. The molecule has 0 N–H and O–H groups in total. The van der Waals surface area contributed by atoms with Gasteiger partial charge in [-0.1, -0.05) is 30.1 Å². The van der Waals surface area contributed by atoms with Crippen LogP contribution < -0.4 is 0 Å². The standard InChI is InChI=1S/C13H14Cl2OS2/c1-8-13(18-5-4-17-8)12(16)7-9-6-10(14)2-3-11(9)15/h2-3,6,8,13H,4-5,7H2,1H3. The molecule has 98 valence electrons. The van der Waals surface area contributed by atoms with Crippen LogP contribution >= 0.6 is 46.7 Å². The molecule has 2 unspecified atom stereocenters. The average molecular weight is 321 g/mol. The van der Waals surface area contributed by atoms with Crippen LogP contribution in [0.15, 0.2) is 18.2 Å². The number of carbonyl (C=O) groups is 1. The number of thioether (sulfide) groups is 2. The third-order valence-electron chi connectivity index (χ3n) is 2.88. The van der Waals surface area contributed by atoms with Crippen molar-refractivity contribution in [3.63, 3.8) is 0 Å². The molecular formula is C13H14Cl2OS2. The molecule has 18 heavy (non-hydrogen) atoms. The summed E-state index contributed by atoms with van der Waals surface area (Å²) in [6.07, 6.45) is 0.377. The van der Waals surface area contributed by atoms with Crippen LogP contribution in [0.4, 0.5) is 0 Å². The highest BCUT2D eigenvalue weighted by atomic mass is 35.5. The molecule has 1 aromatic rings. The molecule has 1 aliphatic rings. The number of hydrogen-bond donors (Lipinski definition) is 0. The van der Waals surface area contributed by atoms with Gasteiger partial charge in [0.05, 0.1) is 5.25 Å². The van der Waals surface area contributed by atoms with Gasteiger partial charge in [0.1, 0.15) is 0 Å². The summed E-state index contributed by atoms with van der Waals surface area (Å²) in [7, 11) is 0. The third kappa shape index (κ3) is 3.60. The van der Waals surface area contributed by atoms with Crippen molar-refractivity contribution in [2.24, 2.45) is 0 Å². The van der Waals surface area contributed by atoms with Gasteiger partial charge in [-0.25, -0.2) is 0 Å². The normalized spacial score (nSPS) is 23.9. The van der Waals surface area contributed by atoms with Gasteiger partial charge in [-0.05, 0) is 23.8 Å². The molecule has 0 aromatic heterocycles. The summed E-state index contributed by atoms with van der Waals surface area (Å²) in [6.45, 7) is 2.12. The van der Waals surface area contributed by atoms with E-state index < -0.39 is 0 Å². The molecule has 5 heteroatoms. The molecule has 0 spiro atoms. The van der Waals surface area contributed by atoms with Crippen molar-refractivity contribution in [2.45, 2.75) is 23.8 Å². The first-order valence-electron chi connectivity index (χ1n) is 5.78. The Balaban J connectivity index is 2.08. The van der Waals surface area contributed by atoms with E-state index in [1.54, 1.807) is 30.0 Å². The smallest absolute Gasteiger partial charge is 0.151 e. The maximum absolute atomic E-state index is 12.3. The monoisotopic (exact) mass is 320 g/mol. The van der Waals surface area contributed by atoms with Crippen molar-refractivity contribution in [2.75, 3.05) is 11.5 Å². The second kappa shape index (κ2) is 6.56. The molecule has 1 fully saturated rings. The van der Waals surface area contributed by atoms with Crippen molar-refractivity contribution < 1.29 is 4.79 Å². The summed E-state index contributed by atoms with van der Waals surface area (Å²) in [5.41, 5.74) is 0.831. The van der Waals surface area contributed by atoms with E-state index in [2.05, 4.69) is 6.92 Å². The molecule has 1 saturated heterocycles. The largest absolute Gasteiger partial charge is 0.298 e. The van der Waals surface area contributed by atoms with E-state index in [9.17, 15) is 4.79 Å². The highest BCUT2D eigenvalue weighted by Gasteiger charge is 2.29. The molecule has 1 aliphatic heterocycles. The predicted octanol–water partition coefficient (Wildman–Crippen LogP) is 4.34. The second-order valence-electron chi connectivity index (χ2n) is 4.25. The fourth-order valence-electron chi connectivity index (χ4n) is 1.95. The van der Waals surface area contributed by atoms with Crippen LogP contribution in [-0.4, -0.2) is 27.8 Å². The van der Waals surface area contributed by atoms with Gasteiger partial charge in [-0.15, -0.1) is 11.8 Å². The van der Waals surface area contributed by atoms with E-state index in [0.29, 0.717) is 21.7 Å². The Kier molecular flexibility index (Phi) is 5.31. The van der Waals surface area contributed by atoms with E-state index in [1.165, 1.54) is 0 Å². The van der Waals surface area contributed by atoms with Gasteiger partial charge in [0.2, 0.25) is 0 Å². The van der Waals surface area contributed by atoms with E-state index in [0.717, 1.165) is 17.1 Å². The first-order chi connectivity index (χ1) is 8.58. The number of rotatable bonds is 3. The average Bonchev–Trinajstić information content (AvgIpc) is 2.34. The first kappa shape index (κ1) is 14.6. The molecule has 2 atom stereocenters. The van der Waals surface area contributed by atoms with Crippen LogP contribution in [0, 0.1) is 0 Å². The van der Waals surface area contributed by atoms with Gasteiger partial charge >= 0.3 is 0 Å². The molecule has 2 rings (SSSR count). The van der Waals surface area contributed by atoms with Crippen molar-refractivity contribution in [3.05, 3.63) is 33.8 Å². The fourth-order valence-corrected chi connectivity index (χ4v) is 5.07. The summed E-state index contributed by atoms with van der Waals surface area (Å²) in [6, 6.07) is 5.28. The number of halogens is 2. The SMILES string of the molecule is CC1SCCSC1C(=O)Cc1cc(Cl)ccc1Cl. The van der Waals surface area contributed by atoms with Crippen molar-refractivity contribution in [1.82, 2.24) is 0 Å². The van der Waals surface area contributed by atoms with Gasteiger partial charge in [0.15, 0.2) is 5.78 Å². The minimum Gasteiger partial charge on any atom is -0.298 e. The van der Waals surface area contributed by atoms with E-state index in [-0.39, 0.29) is 11.0 Å². The molecular weight excluding hydrogens is 307 g/mol. The molecule has 1 nitrogen and oxygen atoms in total. The van der Waals surface area contributed by atoms with Crippen LogP contribution in [0.2, 0.25) is 10.0 Å². The Bertz CT molecular complexity index is 451. The number of ketones is 1. The van der Waals surface area contributed by atoms with Crippen LogP contribution in [0.5, 0.6) is 0 Å². The second-order valence-corrected chi connectivity index (χ2v) is 7.82. The summed E-state index contributed by atoms with van der Waals surface area (Å²) >= 11 is 15.7.